The number of guanidine groups is 1. The second kappa shape index (κ2) is 10.3. The number of benzene rings is 1. The maximum absolute atomic E-state index is 12.2. The Hall–Kier alpha value is -2.51. The summed E-state index contributed by atoms with van der Waals surface area (Å²) in [4.78, 5) is 16.6. The Kier molecular flexibility index (Phi) is 8.10. The molecule has 1 unspecified atom stereocenters. The maximum atomic E-state index is 12.2. The molecule has 0 aliphatic heterocycles. The first kappa shape index (κ1) is 22.8. The summed E-state index contributed by atoms with van der Waals surface area (Å²) >= 11 is 6.14. The van der Waals surface area contributed by atoms with Crippen LogP contribution >= 0.6 is 11.6 Å². The highest BCUT2D eigenvalue weighted by Crippen LogP contribution is 2.23. The molecule has 7 nitrogen and oxygen atoms in total. The number of nitrogens with zero attached hydrogens (tertiary/aromatic N) is 1. The number of nitrogens with one attached hydrogen (secondary N) is 3. The third kappa shape index (κ3) is 7.11. The van der Waals surface area contributed by atoms with E-state index < -0.39 is 5.60 Å². The van der Waals surface area contributed by atoms with E-state index in [-0.39, 0.29) is 18.9 Å². The Morgan fingerprint density at radius 2 is 2.00 bits per heavy atom. The monoisotopic (exact) mass is 420 g/mol. The van der Waals surface area contributed by atoms with E-state index in [4.69, 9.17) is 16.0 Å². The summed E-state index contributed by atoms with van der Waals surface area (Å²) in [7, 11) is 0. The molecule has 1 atom stereocenters. The Morgan fingerprint density at radius 3 is 2.62 bits per heavy atom. The summed E-state index contributed by atoms with van der Waals surface area (Å²) in [6.45, 7) is 8.49. The predicted octanol–water partition coefficient (Wildman–Crippen LogP) is 3.34. The minimum absolute atomic E-state index is 0.112. The lowest BCUT2D eigenvalue weighted by Crippen LogP contribution is -2.40. The SMILES string of the molecule is CCNC(=NCC(C)(O)c1ccc(C)o1)NCCC(=O)Nc1ccc(C)cc1Cl. The number of hydrogen-bond acceptors (Lipinski definition) is 4. The van der Waals surface area contributed by atoms with Crippen LogP contribution in [0.15, 0.2) is 39.7 Å². The number of aryl methyl sites for hydroxylation is 2. The lowest BCUT2D eigenvalue weighted by atomic mass is 10.0. The van der Waals surface area contributed by atoms with E-state index in [0.29, 0.717) is 35.5 Å². The van der Waals surface area contributed by atoms with Crippen molar-refractivity contribution in [2.45, 2.75) is 39.7 Å². The van der Waals surface area contributed by atoms with Crippen molar-refractivity contribution >= 4 is 29.2 Å². The molecule has 0 saturated carbocycles. The van der Waals surface area contributed by atoms with E-state index in [2.05, 4.69) is 20.9 Å². The molecule has 2 aromatic rings. The van der Waals surface area contributed by atoms with Crippen LogP contribution in [-0.4, -0.2) is 36.6 Å². The molecule has 1 aromatic heterocycles. The highest BCUT2D eigenvalue weighted by atomic mass is 35.5. The molecule has 0 aliphatic rings. The molecule has 29 heavy (non-hydrogen) atoms. The zero-order valence-corrected chi connectivity index (χ0v) is 18.1. The van der Waals surface area contributed by atoms with Gasteiger partial charge >= 0.3 is 0 Å². The van der Waals surface area contributed by atoms with Crippen molar-refractivity contribution in [2.75, 3.05) is 25.0 Å². The van der Waals surface area contributed by atoms with E-state index in [1.54, 1.807) is 31.2 Å². The zero-order chi connectivity index (χ0) is 21.4. The van der Waals surface area contributed by atoms with Crippen LogP contribution in [-0.2, 0) is 10.4 Å². The van der Waals surface area contributed by atoms with Crippen LogP contribution in [0, 0.1) is 13.8 Å². The van der Waals surface area contributed by atoms with Crippen LogP contribution in [0.25, 0.3) is 0 Å². The number of carbonyl (C=O) groups excluding carboxylic acids is 1. The number of anilines is 1. The number of halogens is 1. The van der Waals surface area contributed by atoms with E-state index in [1.165, 1.54) is 0 Å². The second-order valence-corrected chi connectivity index (χ2v) is 7.49. The molecule has 8 heteroatoms. The van der Waals surface area contributed by atoms with Gasteiger partial charge in [0.15, 0.2) is 5.96 Å². The molecule has 0 spiro atoms. The molecule has 1 heterocycles. The van der Waals surface area contributed by atoms with Crippen LogP contribution < -0.4 is 16.0 Å². The van der Waals surface area contributed by atoms with Crippen molar-refractivity contribution in [3.05, 3.63) is 52.4 Å². The summed E-state index contributed by atoms with van der Waals surface area (Å²) in [6.07, 6.45) is 0.238. The zero-order valence-electron chi connectivity index (χ0n) is 17.3. The summed E-state index contributed by atoms with van der Waals surface area (Å²) in [6, 6.07) is 9.02. The Labute approximate surface area is 176 Å². The van der Waals surface area contributed by atoms with Crippen LogP contribution in [0.3, 0.4) is 0 Å². The normalized spacial score (nSPS) is 13.7. The van der Waals surface area contributed by atoms with Gasteiger partial charge in [-0.2, -0.15) is 0 Å². The second-order valence-electron chi connectivity index (χ2n) is 7.09. The van der Waals surface area contributed by atoms with Gasteiger partial charge in [-0.05, 0) is 57.5 Å². The average Bonchev–Trinajstić information content (AvgIpc) is 3.09. The van der Waals surface area contributed by atoms with Gasteiger partial charge in [-0.25, -0.2) is 4.99 Å². The van der Waals surface area contributed by atoms with Crippen molar-refractivity contribution in [1.82, 2.24) is 10.6 Å². The largest absolute Gasteiger partial charge is 0.463 e. The van der Waals surface area contributed by atoms with Gasteiger partial charge in [-0.3, -0.25) is 4.79 Å². The molecule has 4 N–H and O–H groups in total. The minimum atomic E-state index is -1.23. The summed E-state index contributed by atoms with van der Waals surface area (Å²) in [5.74, 6) is 1.55. The number of furan rings is 1. The molecule has 0 bridgehead atoms. The third-order valence-electron chi connectivity index (χ3n) is 4.20. The van der Waals surface area contributed by atoms with Gasteiger partial charge < -0.3 is 25.5 Å². The van der Waals surface area contributed by atoms with E-state index in [1.807, 2.05) is 26.8 Å². The number of aliphatic imine (C=N–C) groups is 1. The van der Waals surface area contributed by atoms with Crippen molar-refractivity contribution in [2.24, 2.45) is 4.99 Å². The minimum Gasteiger partial charge on any atom is -0.463 e. The fraction of sp³-hybridized carbons (Fsp3) is 0.429. The van der Waals surface area contributed by atoms with Gasteiger partial charge in [0.2, 0.25) is 5.91 Å². The molecule has 0 saturated heterocycles. The molecular weight excluding hydrogens is 392 g/mol. The number of carbonyl (C=O) groups is 1. The summed E-state index contributed by atoms with van der Waals surface area (Å²) in [5, 5.41) is 20.1. The van der Waals surface area contributed by atoms with Crippen molar-refractivity contribution in [1.29, 1.82) is 0 Å². The quantitative estimate of drug-likeness (QED) is 0.387. The average molecular weight is 421 g/mol. The topological polar surface area (TPSA) is 98.9 Å². The van der Waals surface area contributed by atoms with Crippen LogP contribution in [0.4, 0.5) is 5.69 Å². The lowest BCUT2D eigenvalue weighted by molar-refractivity contribution is -0.116. The van der Waals surface area contributed by atoms with Gasteiger partial charge in [-0.1, -0.05) is 17.7 Å². The molecule has 1 amide bonds. The molecule has 0 aliphatic carbocycles. The van der Waals surface area contributed by atoms with Gasteiger partial charge in [0, 0.05) is 19.5 Å². The Bertz CT molecular complexity index is 861. The summed E-state index contributed by atoms with van der Waals surface area (Å²) < 4.78 is 5.50. The Morgan fingerprint density at radius 1 is 1.24 bits per heavy atom. The van der Waals surface area contributed by atoms with E-state index in [9.17, 15) is 9.90 Å². The first-order chi connectivity index (χ1) is 13.7. The van der Waals surface area contributed by atoms with Crippen LogP contribution in [0.1, 0.15) is 37.4 Å². The third-order valence-corrected chi connectivity index (χ3v) is 4.52. The highest BCUT2D eigenvalue weighted by Gasteiger charge is 2.26. The lowest BCUT2D eigenvalue weighted by Gasteiger charge is -2.19. The summed E-state index contributed by atoms with van der Waals surface area (Å²) in [5.41, 5.74) is 0.394. The number of hydrogen-bond donors (Lipinski definition) is 4. The van der Waals surface area contributed by atoms with Crippen molar-refractivity contribution in [3.63, 3.8) is 0 Å². The molecular formula is C21H29ClN4O3. The molecule has 1 aromatic carbocycles. The molecule has 158 valence electrons. The smallest absolute Gasteiger partial charge is 0.226 e. The van der Waals surface area contributed by atoms with E-state index in [0.717, 1.165) is 11.3 Å². The molecule has 0 radical (unpaired) electrons. The van der Waals surface area contributed by atoms with E-state index >= 15 is 0 Å². The predicted molar refractivity (Wildman–Crippen MR) is 116 cm³/mol. The van der Waals surface area contributed by atoms with Gasteiger partial charge in [0.1, 0.15) is 17.1 Å². The fourth-order valence-electron chi connectivity index (χ4n) is 2.61. The van der Waals surface area contributed by atoms with Crippen molar-refractivity contribution < 1.29 is 14.3 Å². The standard InChI is InChI=1S/C21H29ClN4O3/c1-5-23-20(25-13-21(4,28)18-9-7-15(3)29-18)24-11-10-19(27)26-17-8-6-14(2)12-16(17)22/h6-9,12,28H,5,10-11,13H2,1-4H3,(H,26,27)(H2,23,24,25). The first-order valence-corrected chi connectivity index (χ1v) is 9.96. The first-order valence-electron chi connectivity index (χ1n) is 9.58. The highest BCUT2D eigenvalue weighted by molar-refractivity contribution is 6.33. The molecule has 2 rings (SSSR count). The van der Waals surface area contributed by atoms with Gasteiger partial charge in [-0.15, -0.1) is 0 Å². The Balaban J connectivity index is 1.88. The van der Waals surface area contributed by atoms with Gasteiger partial charge in [0.05, 0.1) is 17.3 Å². The van der Waals surface area contributed by atoms with Gasteiger partial charge in [0.25, 0.3) is 0 Å². The van der Waals surface area contributed by atoms with Crippen molar-refractivity contribution in [3.8, 4) is 0 Å². The molecule has 0 fully saturated rings. The van der Waals surface area contributed by atoms with Crippen LogP contribution in [0.2, 0.25) is 5.02 Å². The maximum Gasteiger partial charge on any atom is 0.226 e. The number of rotatable bonds is 8. The fourth-order valence-corrected chi connectivity index (χ4v) is 2.89. The number of amides is 1. The van der Waals surface area contributed by atoms with Crippen LogP contribution in [0.5, 0.6) is 0 Å². The number of aliphatic hydroxyl groups is 1.